The smallest absolute Gasteiger partial charge is 0.134 e. The van der Waals surface area contributed by atoms with Gasteiger partial charge in [-0.3, -0.25) is 0 Å². The van der Waals surface area contributed by atoms with Crippen molar-refractivity contribution >= 4 is 22.4 Å². The van der Waals surface area contributed by atoms with Gasteiger partial charge < -0.3 is 10.2 Å². The maximum Gasteiger partial charge on any atom is 0.134 e. The molecule has 0 fully saturated rings. The number of phenolic OH excluding ortho intramolecular Hbond substituents is 2. The van der Waals surface area contributed by atoms with E-state index in [9.17, 15) is 10.2 Å². The van der Waals surface area contributed by atoms with Gasteiger partial charge in [-0.2, -0.15) is 0 Å². The second-order valence-electron chi connectivity index (χ2n) is 2.80. The molecule has 0 amide bonds. The summed E-state index contributed by atoms with van der Waals surface area (Å²) in [5, 5.41) is 20.3. The van der Waals surface area contributed by atoms with E-state index in [2.05, 4.69) is 0 Å². The normalized spacial score (nSPS) is 10.5. The van der Waals surface area contributed by atoms with Crippen LogP contribution < -0.4 is 0 Å². The molecule has 0 heterocycles. The minimum absolute atomic E-state index is 0.0554. The van der Waals surface area contributed by atoms with Crippen LogP contribution in [-0.4, -0.2) is 10.2 Å². The molecule has 0 radical (unpaired) electrons. The fourth-order valence-corrected chi connectivity index (χ4v) is 1.50. The van der Waals surface area contributed by atoms with Gasteiger partial charge in [0.2, 0.25) is 0 Å². The van der Waals surface area contributed by atoms with Gasteiger partial charge in [0.05, 0.1) is 5.02 Å². The highest BCUT2D eigenvalue weighted by molar-refractivity contribution is 6.37. The predicted octanol–water partition coefficient (Wildman–Crippen LogP) is 2.90. The first kappa shape index (κ1) is 8.20. The Bertz CT molecular complexity index is 466. The highest BCUT2D eigenvalue weighted by Gasteiger charge is 2.03. The number of phenols is 2. The molecule has 0 atom stereocenters. The summed E-state index contributed by atoms with van der Waals surface area (Å²) in [5.41, 5.74) is 0. The first-order valence-corrected chi connectivity index (χ1v) is 4.16. The second kappa shape index (κ2) is 2.82. The Morgan fingerprint density at radius 2 is 1.77 bits per heavy atom. The average molecular weight is 195 g/mol. The van der Waals surface area contributed by atoms with Gasteiger partial charge >= 0.3 is 0 Å². The standard InChI is InChI=1S/C10H7ClO2/c11-10-8-3-2-7(12)5-6(8)1-4-9(10)13/h1-5,12-13H. The lowest BCUT2D eigenvalue weighted by Crippen LogP contribution is -1.75. The summed E-state index contributed by atoms with van der Waals surface area (Å²) in [6, 6.07) is 8.02. The van der Waals surface area contributed by atoms with Crippen molar-refractivity contribution < 1.29 is 10.2 Å². The minimum atomic E-state index is 0.0554. The van der Waals surface area contributed by atoms with Gasteiger partial charge in [0.15, 0.2) is 0 Å². The van der Waals surface area contributed by atoms with Crippen LogP contribution in [0, 0.1) is 0 Å². The molecule has 2 aromatic rings. The Labute approximate surface area is 80.0 Å². The lowest BCUT2D eigenvalue weighted by atomic mass is 10.1. The third-order valence-electron chi connectivity index (χ3n) is 1.92. The summed E-state index contributed by atoms with van der Waals surface area (Å²) in [7, 11) is 0. The minimum Gasteiger partial charge on any atom is -0.508 e. The predicted molar refractivity (Wildman–Crippen MR) is 52.3 cm³/mol. The lowest BCUT2D eigenvalue weighted by Gasteiger charge is -2.02. The Balaban J connectivity index is 2.87. The third kappa shape index (κ3) is 1.29. The summed E-state index contributed by atoms with van der Waals surface area (Å²) in [5.74, 6) is 0.245. The summed E-state index contributed by atoms with van der Waals surface area (Å²) >= 11 is 5.85. The molecule has 0 saturated carbocycles. The molecule has 66 valence electrons. The molecule has 0 aliphatic heterocycles. The summed E-state index contributed by atoms with van der Waals surface area (Å²) in [4.78, 5) is 0. The zero-order valence-corrected chi connectivity index (χ0v) is 7.42. The number of fused-ring (bicyclic) bond motifs is 1. The molecular formula is C10H7ClO2. The fourth-order valence-electron chi connectivity index (χ4n) is 1.27. The van der Waals surface area contributed by atoms with Gasteiger partial charge in [-0.1, -0.05) is 17.7 Å². The van der Waals surface area contributed by atoms with Gasteiger partial charge in [0, 0.05) is 5.39 Å². The Hall–Kier alpha value is -1.41. The van der Waals surface area contributed by atoms with Crippen molar-refractivity contribution in [3.05, 3.63) is 35.4 Å². The molecule has 2 N–H and O–H groups in total. The molecule has 2 aromatic carbocycles. The molecule has 0 aromatic heterocycles. The highest BCUT2D eigenvalue weighted by Crippen LogP contribution is 2.33. The topological polar surface area (TPSA) is 40.5 Å². The van der Waals surface area contributed by atoms with E-state index in [0.29, 0.717) is 5.02 Å². The van der Waals surface area contributed by atoms with Crippen LogP contribution >= 0.6 is 11.6 Å². The van der Waals surface area contributed by atoms with Crippen LogP contribution in [0.25, 0.3) is 10.8 Å². The van der Waals surface area contributed by atoms with Crippen molar-refractivity contribution in [1.82, 2.24) is 0 Å². The summed E-state index contributed by atoms with van der Waals surface area (Å²) < 4.78 is 0. The maximum absolute atomic E-state index is 9.29. The first-order chi connectivity index (χ1) is 6.18. The van der Waals surface area contributed by atoms with Crippen molar-refractivity contribution in [2.24, 2.45) is 0 Å². The van der Waals surface area contributed by atoms with E-state index in [-0.39, 0.29) is 11.5 Å². The zero-order chi connectivity index (χ0) is 9.42. The van der Waals surface area contributed by atoms with Crippen LogP contribution in [0.2, 0.25) is 5.02 Å². The first-order valence-electron chi connectivity index (χ1n) is 3.78. The molecule has 0 spiro atoms. The van der Waals surface area contributed by atoms with Gasteiger partial charge in [-0.05, 0) is 29.7 Å². The number of rotatable bonds is 0. The van der Waals surface area contributed by atoms with Crippen molar-refractivity contribution in [1.29, 1.82) is 0 Å². The number of halogens is 1. The number of aromatic hydroxyl groups is 2. The number of hydrogen-bond acceptors (Lipinski definition) is 2. The molecule has 0 aliphatic carbocycles. The third-order valence-corrected chi connectivity index (χ3v) is 2.31. The van der Waals surface area contributed by atoms with Crippen molar-refractivity contribution in [3.8, 4) is 11.5 Å². The zero-order valence-electron chi connectivity index (χ0n) is 6.66. The highest BCUT2D eigenvalue weighted by atomic mass is 35.5. The lowest BCUT2D eigenvalue weighted by molar-refractivity contribution is 0.474. The maximum atomic E-state index is 9.29. The van der Waals surface area contributed by atoms with Gasteiger partial charge in [0.1, 0.15) is 11.5 Å². The van der Waals surface area contributed by atoms with Crippen LogP contribution in [-0.2, 0) is 0 Å². The van der Waals surface area contributed by atoms with Crippen molar-refractivity contribution in [2.75, 3.05) is 0 Å². The number of benzene rings is 2. The van der Waals surface area contributed by atoms with Crippen LogP contribution in [0.3, 0.4) is 0 Å². The Morgan fingerprint density at radius 1 is 1.00 bits per heavy atom. The molecule has 0 unspecified atom stereocenters. The molecule has 0 saturated heterocycles. The van der Waals surface area contributed by atoms with E-state index in [1.807, 2.05) is 0 Å². The van der Waals surface area contributed by atoms with Crippen LogP contribution in [0.4, 0.5) is 0 Å². The molecule has 0 bridgehead atoms. The molecule has 0 aliphatic rings. The second-order valence-corrected chi connectivity index (χ2v) is 3.18. The van der Waals surface area contributed by atoms with E-state index in [1.54, 1.807) is 18.2 Å². The molecule has 13 heavy (non-hydrogen) atoms. The molecule has 3 heteroatoms. The number of hydrogen-bond donors (Lipinski definition) is 2. The van der Waals surface area contributed by atoms with E-state index >= 15 is 0 Å². The Morgan fingerprint density at radius 3 is 2.54 bits per heavy atom. The molecular weight excluding hydrogens is 188 g/mol. The SMILES string of the molecule is Oc1ccc2c(Cl)c(O)ccc2c1. The van der Waals surface area contributed by atoms with Crippen LogP contribution in [0.15, 0.2) is 30.3 Å². The van der Waals surface area contributed by atoms with E-state index in [1.165, 1.54) is 12.1 Å². The molecule has 2 rings (SSSR count). The van der Waals surface area contributed by atoms with Gasteiger partial charge in [-0.15, -0.1) is 0 Å². The largest absolute Gasteiger partial charge is 0.508 e. The average Bonchev–Trinajstić information content (AvgIpc) is 2.12. The molecule has 2 nitrogen and oxygen atoms in total. The quantitative estimate of drug-likeness (QED) is 0.677. The van der Waals surface area contributed by atoms with Crippen LogP contribution in [0.1, 0.15) is 0 Å². The van der Waals surface area contributed by atoms with Crippen molar-refractivity contribution in [3.63, 3.8) is 0 Å². The van der Waals surface area contributed by atoms with E-state index in [4.69, 9.17) is 11.6 Å². The van der Waals surface area contributed by atoms with Crippen molar-refractivity contribution in [2.45, 2.75) is 0 Å². The van der Waals surface area contributed by atoms with Gasteiger partial charge in [-0.25, -0.2) is 0 Å². The fraction of sp³-hybridized carbons (Fsp3) is 0. The van der Waals surface area contributed by atoms with Gasteiger partial charge in [0.25, 0.3) is 0 Å². The monoisotopic (exact) mass is 194 g/mol. The summed E-state index contributed by atoms with van der Waals surface area (Å²) in [6.07, 6.45) is 0. The van der Waals surface area contributed by atoms with E-state index in [0.717, 1.165) is 10.8 Å². The Kier molecular flexibility index (Phi) is 1.78. The van der Waals surface area contributed by atoms with Crippen LogP contribution in [0.5, 0.6) is 11.5 Å². The van der Waals surface area contributed by atoms with E-state index < -0.39 is 0 Å². The summed E-state index contributed by atoms with van der Waals surface area (Å²) in [6.45, 7) is 0.